The summed E-state index contributed by atoms with van der Waals surface area (Å²) in [7, 11) is 0. The Labute approximate surface area is 197 Å². The highest BCUT2D eigenvalue weighted by molar-refractivity contribution is 7.99. The van der Waals surface area contributed by atoms with Crippen LogP contribution in [0.1, 0.15) is 51.4 Å². The lowest BCUT2D eigenvalue weighted by atomic mass is 10.2. The molecule has 1 aliphatic carbocycles. The van der Waals surface area contributed by atoms with Crippen LogP contribution in [0.15, 0.2) is 34.2 Å². The second-order valence-electron chi connectivity index (χ2n) is 8.75. The standard InChI is InChI=1S/C24H32N4O4S/c29-21(25-15-18-9-6-14-32-18)12-5-13-28-23(31)19-10-3-4-11-20(19)27-24(28)33-16-22(30)26-17-7-1-2-8-17/h3-4,10-11,17-18H,1-2,5-9,12-16H2,(H,25,29)(H,26,30)/t18-/m1/s1. The van der Waals surface area contributed by atoms with Crippen molar-refractivity contribution >= 4 is 34.5 Å². The number of hydrogen-bond acceptors (Lipinski definition) is 6. The predicted molar refractivity (Wildman–Crippen MR) is 128 cm³/mol. The number of amides is 2. The fraction of sp³-hybridized carbons (Fsp3) is 0.583. The molecule has 1 saturated heterocycles. The number of nitrogens with one attached hydrogen (secondary N) is 2. The topological polar surface area (TPSA) is 102 Å². The Morgan fingerprint density at radius 1 is 1.12 bits per heavy atom. The second-order valence-corrected chi connectivity index (χ2v) is 9.69. The van der Waals surface area contributed by atoms with Gasteiger partial charge in [-0.2, -0.15) is 0 Å². The molecule has 1 atom stereocenters. The first-order chi connectivity index (χ1) is 16.1. The van der Waals surface area contributed by atoms with Crippen LogP contribution in [0.2, 0.25) is 0 Å². The van der Waals surface area contributed by atoms with Crippen LogP contribution in [0.5, 0.6) is 0 Å². The molecule has 2 amide bonds. The van der Waals surface area contributed by atoms with Gasteiger partial charge in [0.25, 0.3) is 5.56 Å². The molecule has 0 unspecified atom stereocenters. The van der Waals surface area contributed by atoms with Crippen molar-refractivity contribution in [3.63, 3.8) is 0 Å². The first-order valence-corrected chi connectivity index (χ1v) is 12.9. The molecule has 1 saturated carbocycles. The van der Waals surface area contributed by atoms with Crippen molar-refractivity contribution in [3.05, 3.63) is 34.6 Å². The van der Waals surface area contributed by atoms with Gasteiger partial charge in [0.15, 0.2) is 5.16 Å². The minimum absolute atomic E-state index is 0.0330. The van der Waals surface area contributed by atoms with Crippen molar-refractivity contribution in [2.45, 2.75) is 75.2 Å². The summed E-state index contributed by atoms with van der Waals surface area (Å²) < 4.78 is 7.13. The lowest BCUT2D eigenvalue weighted by Gasteiger charge is -2.15. The number of ether oxygens (including phenoxy) is 1. The molecule has 9 heteroatoms. The summed E-state index contributed by atoms with van der Waals surface area (Å²) in [6.07, 6.45) is 7.34. The molecule has 0 spiro atoms. The Morgan fingerprint density at radius 3 is 2.73 bits per heavy atom. The average Bonchev–Trinajstić information content (AvgIpc) is 3.52. The highest BCUT2D eigenvalue weighted by Gasteiger charge is 2.19. The Kier molecular flexibility index (Phi) is 8.39. The largest absolute Gasteiger partial charge is 0.376 e. The van der Waals surface area contributed by atoms with Gasteiger partial charge < -0.3 is 15.4 Å². The van der Waals surface area contributed by atoms with Crippen LogP contribution in [0.4, 0.5) is 0 Å². The first-order valence-electron chi connectivity index (χ1n) is 11.9. The fourth-order valence-corrected chi connectivity index (χ4v) is 5.28. The Bertz CT molecular complexity index is 1030. The summed E-state index contributed by atoms with van der Waals surface area (Å²) in [4.78, 5) is 42.4. The van der Waals surface area contributed by atoms with Gasteiger partial charge in [-0.1, -0.05) is 36.7 Å². The van der Waals surface area contributed by atoms with E-state index in [1.165, 1.54) is 11.8 Å². The third kappa shape index (κ3) is 6.57. The molecule has 1 aliphatic heterocycles. The van der Waals surface area contributed by atoms with Gasteiger partial charge in [-0.05, 0) is 44.2 Å². The number of hydrogen-bond donors (Lipinski definition) is 2. The Hall–Kier alpha value is -2.39. The molecular weight excluding hydrogens is 440 g/mol. The number of carbonyl (C=O) groups excluding carboxylic acids is 2. The number of aromatic nitrogens is 2. The minimum atomic E-state index is -0.140. The molecule has 2 N–H and O–H groups in total. The van der Waals surface area contributed by atoms with Crippen LogP contribution >= 0.6 is 11.8 Å². The smallest absolute Gasteiger partial charge is 0.262 e. The summed E-state index contributed by atoms with van der Waals surface area (Å²) in [5, 5.41) is 7.05. The van der Waals surface area contributed by atoms with Crippen molar-refractivity contribution in [1.82, 2.24) is 20.2 Å². The third-order valence-corrected chi connectivity index (χ3v) is 7.19. The van der Waals surface area contributed by atoms with E-state index in [1.54, 1.807) is 10.6 Å². The maximum atomic E-state index is 13.1. The molecule has 8 nitrogen and oxygen atoms in total. The molecular formula is C24H32N4O4S. The van der Waals surface area contributed by atoms with Crippen molar-refractivity contribution in [2.75, 3.05) is 18.9 Å². The average molecular weight is 473 g/mol. The molecule has 33 heavy (non-hydrogen) atoms. The van der Waals surface area contributed by atoms with Gasteiger partial charge in [0, 0.05) is 32.2 Å². The van der Waals surface area contributed by atoms with Gasteiger partial charge in [0.1, 0.15) is 0 Å². The quantitative estimate of drug-likeness (QED) is 0.407. The van der Waals surface area contributed by atoms with Crippen LogP contribution in [-0.2, 0) is 20.9 Å². The minimum Gasteiger partial charge on any atom is -0.376 e. The Balaban J connectivity index is 1.38. The zero-order valence-electron chi connectivity index (χ0n) is 18.9. The zero-order valence-corrected chi connectivity index (χ0v) is 19.7. The van der Waals surface area contributed by atoms with Crippen LogP contribution < -0.4 is 16.2 Å². The van der Waals surface area contributed by atoms with Crippen LogP contribution in [0.3, 0.4) is 0 Å². The van der Waals surface area contributed by atoms with E-state index in [1.807, 2.05) is 18.2 Å². The van der Waals surface area contributed by atoms with Gasteiger partial charge in [-0.3, -0.25) is 19.0 Å². The molecule has 0 bridgehead atoms. The first kappa shape index (κ1) is 23.8. The zero-order chi connectivity index (χ0) is 23.0. The van der Waals surface area contributed by atoms with E-state index < -0.39 is 0 Å². The molecule has 0 radical (unpaired) electrons. The second kappa shape index (κ2) is 11.7. The van der Waals surface area contributed by atoms with Crippen molar-refractivity contribution < 1.29 is 14.3 Å². The van der Waals surface area contributed by atoms with E-state index in [2.05, 4.69) is 15.6 Å². The molecule has 2 aromatic rings. The summed E-state index contributed by atoms with van der Waals surface area (Å²) in [6.45, 7) is 1.67. The number of rotatable bonds is 10. The summed E-state index contributed by atoms with van der Waals surface area (Å²) >= 11 is 1.28. The van der Waals surface area contributed by atoms with E-state index >= 15 is 0 Å². The van der Waals surface area contributed by atoms with Gasteiger partial charge in [-0.25, -0.2) is 4.98 Å². The summed E-state index contributed by atoms with van der Waals surface area (Å²) in [6, 6.07) is 7.49. The van der Waals surface area contributed by atoms with E-state index in [0.29, 0.717) is 42.0 Å². The van der Waals surface area contributed by atoms with Gasteiger partial charge in [0.2, 0.25) is 11.8 Å². The fourth-order valence-electron chi connectivity index (χ4n) is 4.44. The van der Waals surface area contributed by atoms with E-state index in [-0.39, 0.29) is 35.3 Å². The van der Waals surface area contributed by atoms with Gasteiger partial charge >= 0.3 is 0 Å². The lowest BCUT2D eigenvalue weighted by Crippen LogP contribution is -2.34. The third-order valence-electron chi connectivity index (χ3n) is 6.22. The monoisotopic (exact) mass is 472 g/mol. The number of nitrogens with zero attached hydrogens (tertiary/aromatic N) is 2. The van der Waals surface area contributed by atoms with Gasteiger partial charge in [0.05, 0.1) is 22.8 Å². The number of para-hydroxylation sites is 1. The number of thioether (sulfide) groups is 1. The summed E-state index contributed by atoms with van der Waals surface area (Å²) in [5.41, 5.74) is 0.478. The van der Waals surface area contributed by atoms with Crippen LogP contribution in [0, 0.1) is 0 Å². The highest BCUT2D eigenvalue weighted by atomic mass is 32.2. The van der Waals surface area contributed by atoms with Crippen LogP contribution in [0.25, 0.3) is 10.9 Å². The molecule has 2 aliphatic rings. The Morgan fingerprint density at radius 2 is 1.94 bits per heavy atom. The van der Waals surface area contributed by atoms with E-state index in [9.17, 15) is 14.4 Å². The van der Waals surface area contributed by atoms with Crippen molar-refractivity contribution in [2.24, 2.45) is 0 Å². The molecule has 2 fully saturated rings. The number of benzene rings is 1. The molecule has 2 heterocycles. The maximum Gasteiger partial charge on any atom is 0.262 e. The van der Waals surface area contributed by atoms with Crippen molar-refractivity contribution in [3.8, 4) is 0 Å². The van der Waals surface area contributed by atoms with Crippen LogP contribution in [-0.4, -0.2) is 52.4 Å². The van der Waals surface area contributed by atoms with Crippen molar-refractivity contribution in [1.29, 1.82) is 0 Å². The molecule has 1 aromatic heterocycles. The van der Waals surface area contributed by atoms with E-state index in [4.69, 9.17) is 4.74 Å². The summed E-state index contributed by atoms with van der Waals surface area (Å²) in [5.74, 6) is 0.134. The molecule has 1 aromatic carbocycles. The number of carbonyl (C=O) groups is 2. The SMILES string of the molecule is O=C(CCCn1c(SCC(=O)NC2CCCC2)nc2ccccc2c1=O)NC[C@H]1CCCO1. The maximum absolute atomic E-state index is 13.1. The number of fused-ring (bicyclic) bond motifs is 1. The lowest BCUT2D eigenvalue weighted by molar-refractivity contribution is -0.122. The van der Waals surface area contributed by atoms with E-state index in [0.717, 1.165) is 45.1 Å². The predicted octanol–water partition coefficient (Wildman–Crippen LogP) is 2.62. The normalized spacial score (nSPS) is 18.6. The molecule has 178 valence electrons. The van der Waals surface area contributed by atoms with Gasteiger partial charge in [-0.15, -0.1) is 0 Å². The molecule has 4 rings (SSSR count). The highest BCUT2D eigenvalue weighted by Crippen LogP contribution is 2.20.